The predicted octanol–water partition coefficient (Wildman–Crippen LogP) is 2.84. The molecule has 0 spiro atoms. The minimum absolute atomic E-state index is 0.163. The molecule has 0 aliphatic heterocycles. The molecule has 0 aliphatic rings. The predicted molar refractivity (Wildman–Crippen MR) is 80.9 cm³/mol. The maximum atomic E-state index is 10.7. The molecule has 1 aromatic rings. The number of benzene rings is 1. The highest BCUT2D eigenvalue weighted by atomic mass is 16.5. The number of hydrogen-bond acceptors (Lipinski definition) is 5. The van der Waals surface area contributed by atoms with Crippen LogP contribution in [0.4, 0.5) is 0 Å². The van der Waals surface area contributed by atoms with Crippen LogP contribution in [-0.4, -0.2) is 33.9 Å². The topological polar surface area (TPSA) is 54.0 Å². The average molecular weight is 292 g/mol. The summed E-state index contributed by atoms with van der Waals surface area (Å²) in [5.74, 6) is 1.34. The molecule has 0 bridgehead atoms. The lowest BCUT2D eigenvalue weighted by atomic mass is 10.1. The van der Waals surface area contributed by atoms with Gasteiger partial charge < -0.3 is 18.9 Å². The van der Waals surface area contributed by atoms with Gasteiger partial charge in [-0.3, -0.25) is 4.79 Å². The van der Waals surface area contributed by atoms with Crippen LogP contribution < -0.4 is 14.2 Å². The van der Waals surface area contributed by atoms with Crippen LogP contribution in [0.5, 0.6) is 17.2 Å². The van der Waals surface area contributed by atoms with Gasteiger partial charge in [0.2, 0.25) is 5.75 Å². The first-order valence-electron chi connectivity index (χ1n) is 6.31. The Morgan fingerprint density at radius 1 is 1.14 bits per heavy atom. The third-order valence-electron chi connectivity index (χ3n) is 2.66. The van der Waals surface area contributed by atoms with Gasteiger partial charge in [-0.2, -0.15) is 0 Å². The van der Waals surface area contributed by atoms with Crippen molar-refractivity contribution in [2.24, 2.45) is 0 Å². The lowest BCUT2D eigenvalue weighted by molar-refractivity contribution is -0.139. The normalized spacial score (nSPS) is 10.3. The number of carbonyl (C=O) groups is 1. The van der Waals surface area contributed by atoms with Crippen LogP contribution >= 0.6 is 0 Å². The first-order chi connectivity index (χ1) is 10.0. The smallest absolute Gasteiger partial charge is 0.302 e. The molecule has 114 valence electrons. The van der Waals surface area contributed by atoms with Crippen LogP contribution in [0.15, 0.2) is 30.4 Å². The van der Waals surface area contributed by atoms with Gasteiger partial charge in [0.25, 0.3) is 0 Å². The molecule has 0 atom stereocenters. The summed E-state index contributed by atoms with van der Waals surface area (Å²) in [4.78, 5) is 10.7. The molecule has 0 unspecified atom stereocenters. The number of rotatable bonds is 7. The molecule has 0 amide bonds. The fourth-order valence-corrected chi connectivity index (χ4v) is 1.65. The summed E-state index contributed by atoms with van der Waals surface area (Å²) < 4.78 is 20.7. The Bertz CT molecular complexity index is 521. The molecule has 0 fully saturated rings. The number of methoxy groups -OCH3 is 3. The molecule has 1 aromatic carbocycles. The maximum absolute atomic E-state index is 10.7. The summed E-state index contributed by atoms with van der Waals surface area (Å²) in [6.07, 6.45) is 3.60. The van der Waals surface area contributed by atoms with E-state index in [2.05, 4.69) is 6.58 Å². The van der Waals surface area contributed by atoms with Gasteiger partial charge in [0.15, 0.2) is 11.5 Å². The fourth-order valence-electron chi connectivity index (χ4n) is 1.65. The van der Waals surface area contributed by atoms with Crippen molar-refractivity contribution in [2.75, 3.05) is 27.9 Å². The molecule has 0 saturated carbocycles. The Labute approximate surface area is 124 Å². The Morgan fingerprint density at radius 3 is 2.14 bits per heavy atom. The second-order valence-corrected chi connectivity index (χ2v) is 4.23. The molecule has 0 radical (unpaired) electrons. The van der Waals surface area contributed by atoms with Crippen molar-refractivity contribution in [1.82, 2.24) is 0 Å². The van der Waals surface area contributed by atoms with Crippen molar-refractivity contribution in [3.8, 4) is 17.2 Å². The van der Waals surface area contributed by atoms with Gasteiger partial charge in [0.05, 0.1) is 21.3 Å². The van der Waals surface area contributed by atoms with Gasteiger partial charge in [-0.05, 0) is 23.3 Å². The molecule has 0 N–H and O–H groups in total. The first kappa shape index (κ1) is 16.6. The van der Waals surface area contributed by atoms with Crippen molar-refractivity contribution in [1.29, 1.82) is 0 Å². The van der Waals surface area contributed by atoms with E-state index in [-0.39, 0.29) is 12.6 Å². The van der Waals surface area contributed by atoms with Gasteiger partial charge >= 0.3 is 5.97 Å². The van der Waals surface area contributed by atoms with E-state index in [4.69, 9.17) is 18.9 Å². The summed E-state index contributed by atoms with van der Waals surface area (Å²) >= 11 is 0. The van der Waals surface area contributed by atoms with Crippen molar-refractivity contribution < 1.29 is 23.7 Å². The number of carbonyl (C=O) groups excluding carboxylic acids is 1. The Kier molecular flexibility index (Phi) is 6.33. The second kappa shape index (κ2) is 7.99. The minimum atomic E-state index is -0.336. The van der Waals surface area contributed by atoms with E-state index in [1.807, 2.05) is 18.2 Å². The van der Waals surface area contributed by atoms with Crippen molar-refractivity contribution in [2.45, 2.75) is 6.92 Å². The van der Waals surface area contributed by atoms with E-state index in [0.29, 0.717) is 22.8 Å². The molecule has 0 heterocycles. The highest BCUT2D eigenvalue weighted by Gasteiger charge is 2.11. The quantitative estimate of drug-likeness (QED) is 0.571. The standard InChI is InChI=1S/C16H20O5/c1-11(10-21-12(2)17)6-7-13-8-14(18-3)16(20-5)15(9-13)19-4/h6-9H,1,10H2,2-5H3/b7-6+. The van der Waals surface area contributed by atoms with E-state index < -0.39 is 0 Å². The van der Waals surface area contributed by atoms with Gasteiger partial charge in [0, 0.05) is 6.92 Å². The van der Waals surface area contributed by atoms with Gasteiger partial charge in [-0.1, -0.05) is 18.7 Å². The first-order valence-corrected chi connectivity index (χ1v) is 6.31. The monoisotopic (exact) mass is 292 g/mol. The second-order valence-electron chi connectivity index (χ2n) is 4.23. The minimum Gasteiger partial charge on any atom is -0.493 e. The van der Waals surface area contributed by atoms with Crippen LogP contribution in [0.2, 0.25) is 0 Å². The molecule has 5 heteroatoms. The molecule has 5 nitrogen and oxygen atoms in total. The summed E-state index contributed by atoms with van der Waals surface area (Å²) in [5, 5.41) is 0. The zero-order valence-corrected chi connectivity index (χ0v) is 12.8. The molecule has 0 aromatic heterocycles. The summed E-state index contributed by atoms with van der Waals surface area (Å²) in [7, 11) is 4.67. The summed E-state index contributed by atoms with van der Waals surface area (Å²) in [6, 6.07) is 3.63. The van der Waals surface area contributed by atoms with Gasteiger partial charge in [-0.25, -0.2) is 0 Å². The van der Waals surface area contributed by atoms with E-state index in [0.717, 1.165) is 5.56 Å². The van der Waals surface area contributed by atoms with E-state index in [1.54, 1.807) is 27.4 Å². The zero-order chi connectivity index (χ0) is 15.8. The van der Waals surface area contributed by atoms with Crippen LogP contribution in [0.25, 0.3) is 6.08 Å². The SMILES string of the molecule is C=C(/C=C/c1cc(OC)c(OC)c(OC)c1)COC(C)=O. The molecule has 0 saturated heterocycles. The van der Waals surface area contributed by atoms with Crippen molar-refractivity contribution in [3.05, 3.63) is 35.9 Å². The average Bonchev–Trinajstić information content (AvgIpc) is 2.49. The Balaban J connectivity index is 2.93. The maximum Gasteiger partial charge on any atom is 0.302 e. The molecular formula is C16H20O5. The van der Waals surface area contributed by atoms with E-state index >= 15 is 0 Å². The molecular weight excluding hydrogens is 272 g/mol. The third-order valence-corrected chi connectivity index (χ3v) is 2.66. The van der Waals surface area contributed by atoms with Gasteiger partial charge in [-0.15, -0.1) is 0 Å². The number of hydrogen-bond donors (Lipinski definition) is 0. The molecule has 21 heavy (non-hydrogen) atoms. The third kappa shape index (κ3) is 4.87. The largest absolute Gasteiger partial charge is 0.493 e. The Morgan fingerprint density at radius 2 is 1.71 bits per heavy atom. The van der Waals surface area contributed by atoms with Crippen LogP contribution in [0, 0.1) is 0 Å². The highest BCUT2D eigenvalue weighted by molar-refractivity contribution is 5.66. The zero-order valence-electron chi connectivity index (χ0n) is 12.8. The van der Waals surface area contributed by atoms with Gasteiger partial charge in [0.1, 0.15) is 6.61 Å². The summed E-state index contributed by atoms with van der Waals surface area (Å²) in [6.45, 7) is 5.33. The van der Waals surface area contributed by atoms with Crippen LogP contribution in [0.3, 0.4) is 0 Å². The summed E-state index contributed by atoms with van der Waals surface area (Å²) in [5.41, 5.74) is 1.53. The van der Waals surface area contributed by atoms with E-state index in [9.17, 15) is 4.79 Å². The fraction of sp³-hybridized carbons (Fsp3) is 0.312. The van der Waals surface area contributed by atoms with Crippen LogP contribution in [-0.2, 0) is 9.53 Å². The van der Waals surface area contributed by atoms with Crippen molar-refractivity contribution >= 4 is 12.0 Å². The number of esters is 1. The lowest BCUT2D eigenvalue weighted by Gasteiger charge is -2.12. The lowest BCUT2D eigenvalue weighted by Crippen LogP contribution is -2.01. The molecule has 0 aliphatic carbocycles. The van der Waals surface area contributed by atoms with Crippen LogP contribution in [0.1, 0.15) is 12.5 Å². The molecule has 1 rings (SSSR count). The van der Waals surface area contributed by atoms with Crippen molar-refractivity contribution in [3.63, 3.8) is 0 Å². The Hall–Kier alpha value is -2.43. The van der Waals surface area contributed by atoms with E-state index in [1.165, 1.54) is 6.92 Å². The number of ether oxygens (including phenoxy) is 4. The highest BCUT2D eigenvalue weighted by Crippen LogP contribution is 2.38.